The van der Waals surface area contributed by atoms with Crippen LogP contribution in [0.1, 0.15) is 57.9 Å². The van der Waals surface area contributed by atoms with Gasteiger partial charge in [-0.05, 0) is 45.2 Å². The van der Waals surface area contributed by atoms with Crippen molar-refractivity contribution in [2.24, 2.45) is 11.8 Å². The number of nitrogens with zero attached hydrogens (tertiary/aromatic N) is 1. The number of nitrogens with one attached hydrogen (secondary N) is 1. The Balaban J connectivity index is 1.37. The van der Waals surface area contributed by atoms with Crippen LogP contribution in [0.3, 0.4) is 0 Å². The number of carbonyl (C=O) groups excluding carboxylic acids is 2. The molecule has 5 nitrogen and oxygen atoms in total. The highest BCUT2D eigenvalue weighted by Crippen LogP contribution is 2.25. The van der Waals surface area contributed by atoms with Crippen molar-refractivity contribution < 1.29 is 14.3 Å². The second-order valence-corrected chi connectivity index (χ2v) is 8.56. The van der Waals surface area contributed by atoms with Gasteiger partial charge in [0, 0.05) is 31.0 Å². The second kappa shape index (κ2) is 10.1. The van der Waals surface area contributed by atoms with E-state index < -0.39 is 0 Å². The van der Waals surface area contributed by atoms with E-state index in [4.69, 9.17) is 4.74 Å². The molecule has 1 aliphatic heterocycles. The maximum atomic E-state index is 12.3. The van der Waals surface area contributed by atoms with Crippen molar-refractivity contribution in [1.29, 1.82) is 0 Å². The van der Waals surface area contributed by atoms with Crippen LogP contribution in [0, 0.1) is 11.8 Å². The molecule has 0 spiro atoms. The summed E-state index contributed by atoms with van der Waals surface area (Å²) < 4.78 is 5.69. The molecule has 1 aliphatic carbocycles. The molecular weight excluding hydrogens is 352 g/mol. The number of hydrogen-bond donors (Lipinski definition) is 1. The molecule has 3 atom stereocenters. The summed E-state index contributed by atoms with van der Waals surface area (Å²) in [4.78, 5) is 26.9. The van der Waals surface area contributed by atoms with Gasteiger partial charge in [0.15, 0.2) is 0 Å². The van der Waals surface area contributed by atoms with Crippen molar-refractivity contribution in [2.45, 2.75) is 71.1 Å². The molecule has 5 heteroatoms. The number of rotatable bonds is 8. The van der Waals surface area contributed by atoms with Crippen LogP contribution in [0.2, 0.25) is 0 Å². The Hall–Kier alpha value is -1.88. The van der Waals surface area contributed by atoms with E-state index in [0.717, 1.165) is 51.7 Å². The molecule has 1 saturated carbocycles. The largest absolute Gasteiger partial charge is 0.462 e. The molecule has 1 saturated heterocycles. The molecule has 2 fully saturated rings. The third-order valence-corrected chi connectivity index (χ3v) is 6.13. The zero-order valence-electron chi connectivity index (χ0n) is 17.2. The average Bonchev–Trinajstić information content (AvgIpc) is 3.34. The summed E-state index contributed by atoms with van der Waals surface area (Å²) in [5.41, 5.74) is 1.32. The minimum atomic E-state index is -0.215. The number of carbonyl (C=O) groups is 2. The Morgan fingerprint density at radius 3 is 2.57 bits per heavy atom. The van der Waals surface area contributed by atoms with Gasteiger partial charge in [0.05, 0.1) is 6.42 Å². The Labute approximate surface area is 168 Å². The van der Waals surface area contributed by atoms with Crippen LogP contribution in [0.15, 0.2) is 30.3 Å². The van der Waals surface area contributed by atoms with Gasteiger partial charge in [0.1, 0.15) is 6.10 Å². The number of benzene rings is 1. The summed E-state index contributed by atoms with van der Waals surface area (Å²) in [5, 5.41) is 2.98. The molecule has 28 heavy (non-hydrogen) atoms. The van der Waals surface area contributed by atoms with Gasteiger partial charge in [-0.25, -0.2) is 0 Å². The summed E-state index contributed by atoms with van der Waals surface area (Å²) in [6.07, 6.45) is 5.41. The molecule has 2 aliphatic rings. The van der Waals surface area contributed by atoms with E-state index in [1.54, 1.807) is 0 Å². The van der Waals surface area contributed by atoms with Crippen LogP contribution in [-0.4, -0.2) is 42.0 Å². The number of amides is 1. The highest BCUT2D eigenvalue weighted by Gasteiger charge is 2.30. The lowest BCUT2D eigenvalue weighted by atomic mass is 10.0. The number of esters is 1. The Kier molecular flexibility index (Phi) is 7.49. The van der Waals surface area contributed by atoms with E-state index in [1.807, 2.05) is 19.9 Å². The van der Waals surface area contributed by atoms with Crippen molar-refractivity contribution in [3.05, 3.63) is 35.9 Å². The molecule has 1 heterocycles. The highest BCUT2D eigenvalue weighted by molar-refractivity contribution is 5.80. The smallest absolute Gasteiger partial charge is 0.308 e. The predicted molar refractivity (Wildman–Crippen MR) is 110 cm³/mol. The zero-order chi connectivity index (χ0) is 19.9. The predicted octanol–water partition coefficient (Wildman–Crippen LogP) is 3.53. The van der Waals surface area contributed by atoms with Crippen LogP contribution in [0.25, 0.3) is 0 Å². The van der Waals surface area contributed by atoms with Gasteiger partial charge in [-0.2, -0.15) is 0 Å². The SMILES string of the molecule is C[C@H](CC(=O)O[C@@H](C)[C@H]1CCN(Cc2ccccc2)C1)NC(=O)C1CCCC1. The van der Waals surface area contributed by atoms with Gasteiger partial charge >= 0.3 is 5.97 Å². The normalized spacial score (nSPS) is 22.7. The molecule has 154 valence electrons. The van der Waals surface area contributed by atoms with Crippen LogP contribution in [-0.2, 0) is 20.9 Å². The summed E-state index contributed by atoms with van der Waals surface area (Å²) >= 11 is 0. The molecule has 0 radical (unpaired) electrons. The fraction of sp³-hybridized carbons (Fsp3) is 0.652. The molecule has 1 aromatic rings. The van der Waals surface area contributed by atoms with Crippen molar-refractivity contribution >= 4 is 11.9 Å². The first kappa shape index (κ1) is 20.8. The Morgan fingerprint density at radius 1 is 1.14 bits per heavy atom. The molecule has 3 rings (SSSR count). The lowest BCUT2D eigenvalue weighted by Crippen LogP contribution is -2.38. The van der Waals surface area contributed by atoms with Crippen molar-refractivity contribution in [2.75, 3.05) is 13.1 Å². The van der Waals surface area contributed by atoms with E-state index in [-0.39, 0.29) is 36.4 Å². The maximum Gasteiger partial charge on any atom is 0.308 e. The van der Waals surface area contributed by atoms with Gasteiger partial charge in [-0.3, -0.25) is 14.5 Å². The first-order valence-corrected chi connectivity index (χ1v) is 10.8. The standard InChI is InChI=1S/C23H34N2O3/c1-17(24-23(27)20-10-6-7-11-20)14-22(26)28-18(2)21-12-13-25(16-21)15-19-8-4-3-5-9-19/h3-5,8-9,17-18,20-21H,6-7,10-16H2,1-2H3,(H,24,27)/t17-,18+,21+/m1/s1. The number of ether oxygens (including phenoxy) is 1. The third-order valence-electron chi connectivity index (χ3n) is 6.13. The van der Waals surface area contributed by atoms with Crippen LogP contribution >= 0.6 is 0 Å². The van der Waals surface area contributed by atoms with Gasteiger partial charge in [-0.1, -0.05) is 43.2 Å². The number of hydrogen-bond acceptors (Lipinski definition) is 4. The first-order valence-electron chi connectivity index (χ1n) is 10.8. The van der Waals surface area contributed by atoms with E-state index in [2.05, 4.69) is 34.5 Å². The molecule has 1 N–H and O–H groups in total. The minimum absolute atomic E-state index is 0.0917. The van der Waals surface area contributed by atoms with Gasteiger partial charge < -0.3 is 10.1 Å². The molecule has 1 aromatic carbocycles. The Morgan fingerprint density at radius 2 is 1.86 bits per heavy atom. The van der Waals surface area contributed by atoms with Gasteiger partial charge in [-0.15, -0.1) is 0 Å². The fourth-order valence-electron chi connectivity index (χ4n) is 4.43. The fourth-order valence-corrected chi connectivity index (χ4v) is 4.43. The van der Waals surface area contributed by atoms with E-state index in [9.17, 15) is 9.59 Å². The summed E-state index contributed by atoms with van der Waals surface area (Å²) in [7, 11) is 0. The summed E-state index contributed by atoms with van der Waals surface area (Å²) in [6.45, 7) is 6.82. The van der Waals surface area contributed by atoms with E-state index in [0.29, 0.717) is 5.92 Å². The van der Waals surface area contributed by atoms with Gasteiger partial charge in [0.2, 0.25) is 5.91 Å². The first-order chi connectivity index (χ1) is 13.5. The third kappa shape index (κ3) is 6.06. The quantitative estimate of drug-likeness (QED) is 0.695. The van der Waals surface area contributed by atoms with Crippen LogP contribution in [0.5, 0.6) is 0 Å². The molecular formula is C23H34N2O3. The number of likely N-dealkylation sites (tertiary alicyclic amines) is 1. The lowest BCUT2D eigenvalue weighted by Gasteiger charge is -2.22. The summed E-state index contributed by atoms with van der Waals surface area (Å²) in [5.74, 6) is 0.383. The molecule has 0 unspecified atom stereocenters. The van der Waals surface area contributed by atoms with Crippen LogP contribution < -0.4 is 5.32 Å². The Bertz CT molecular complexity index is 643. The van der Waals surface area contributed by atoms with E-state index in [1.165, 1.54) is 5.56 Å². The van der Waals surface area contributed by atoms with Crippen molar-refractivity contribution in [3.8, 4) is 0 Å². The average molecular weight is 387 g/mol. The summed E-state index contributed by atoms with van der Waals surface area (Å²) in [6, 6.07) is 10.3. The van der Waals surface area contributed by atoms with E-state index >= 15 is 0 Å². The topological polar surface area (TPSA) is 58.6 Å². The van der Waals surface area contributed by atoms with Crippen LogP contribution in [0.4, 0.5) is 0 Å². The molecule has 0 bridgehead atoms. The molecule has 1 amide bonds. The zero-order valence-corrected chi connectivity index (χ0v) is 17.2. The minimum Gasteiger partial charge on any atom is -0.462 e. The van der Waals surface area contributed by atoms with Crippen molar-refractivity contribution in [3.63, 3.8) is 0 Å². The molecule has 0 aromatic heterocycles. The second-order valence-electron chi connectivity index (χ2n) is 8.56. The monoisotopic (exact) mass is 386 g/mol. The van der Waals surface area contributed by atoms with Crippen molar-refractivity contribution in [1.82, 2.24) is 10.2 Å². The van der Waals surface area contributed by atoms with Gasteiger partial charge in [0.25, 0.3) is 0 Å². The lowest BCUT2D eigenvalue weighted by molar-refractivity contribution is -0.151. The maximum absolute atomic E-state index is 12.3. The highest BCUT2D eigenvalue weighted by atomic mass is 16.5.